The highest BCUT2D eigenvalue weighted by Gasteiger charge is 2.32. The van der Waals surface area contributed by atoms with Gasteiger partial charge in [0.25, 0.3) is 5.91 Å². The second kappa shape index (κ2) is 16.6. The number of benzene rings is 3. The smallest absolute Gasteiger partial charge is 0.261 e. The van der Waals surface area contributed by atoms with Crippen molar-refractivity contribution in [1.29, 1.82) is 0 Å². The monoisotopic (exact) mass is 661 g/mol. The molecule has 10 nitrogen and oxygen atoms in total. The largest absolute Gasteiger partial charge is 0.497 e. The third-order valence-corrected chi connectivity index (χ3v) is 10.3. The van der Waals surface area contributed by atoms with Gasteiger partial charge in [-0.15, -0.1) is 0 Å². The highest BCUT2D eigenvalue weighted by Crippen LogP contribution is 2.26. The molecule has 0 bridgehead atoms. The summed E-state index contributed by atoms with van der Waals surface area (Å²) >= 11 is 0. The maximum absolute atomic E-state index is 14.0. The summed E-state index contributed by atoms with van der Waals surface area (Å²) in [7, 11) is -2.07. The van der Waals surface area contributed by atoms with Crippen LogP contribution in [0.15, 0.2) is 95.4 Å². The van der Waals surface area contributed by atoms with E-state index < -0.39 is 22.0 Å². The van der Waals surface area contributed by atoms with Crippen LogP contribution in [0.2, 0.25) is 0 Å². The number of allylic oxidation sites excluding steroid dienone is 1. The molecular formula is C36H43N3O7S. The normalized spacial score (nSPS) is 16.1. The zero-order chi connectivity index (χ0) is 33.1. The van der Waals surface area contributed by atoms with E-state index in [4.69, 9.17) is 14.2 Å². The zero-order valence-electron chi connectivity index (χ0n) is 26.8. The van der Waals surface area contributed by atoms with E-state index in [1.54, 1.807) is 7.11 Å². The Morgan fingerprint density at radius 2 is 1.64 bits per heavy atom. The van der Waals surface area contributed by atoms with Crippen LogP contribution >= 0.6 is 0 Å². The number of nitrogens with zero attached hydrogens (tertiary/aromatic N) is 2. The maximum atomic E-state index is 14.0. The van der Waals surface area contributed by atoms with E-state index >= 15 is 0 Å². The molecule has 1 aliphatic heterocycles. The van der Waals surface area contributed by atoms with Crippen molar-refractivity contribution in [1.82, 2.24) is 14.5 Å². The average Bonchev–Trinajstić information content (AvgIpc) is 3.12. The molecular weight excluding hydrogens is 618 g/mol. The van der Waals surface area contributed by atoms with Gasteiger partial charge in [-0.05, 0) is 79.6 Å². The third-order valence-electron chi connectivity index (χ3n) is 8.43. The molecule has 0 saturated carbocycles. The van der Waals surface area contributed by atoms with Gasteiger partial charge in [-0.25, -0.2) is 8.42 Å². The van der Waals surface area contributed by atoms with Crippen LogP contribution in [0.5, 0.6) is 11.5 Å². The lowest BCUT2D eigenvalue weighted by Gasteiger charge is -2.31. The standard InChI is InChI=1S/C36H43N3O7S/c1-44-31-14-12-29(13-15-31)26-39(35(30-10-6-3-7-11-30)36(41)37-21-20-28-8-4-2-5-9-28)34(40)27-46-32-16-18-33(19-17-32)47(42,43)38-22-24-45-25-23-38/h3,6-8,10-19,35H,2,4-5,9,20-27H2,1H3,(H,37,41)/t35-/m1/s1. The van der Waals surface area contributed by atoms with E-state index in [1.807, 2.05) is 54.6 Å². The lowest BCUT2D eigenvalue weighted by Crippen LogP contribution is -2.45. The van der Waals surface area contributed by atoms with Crippen molar-refractivity contribution in [2.24, 2.45) is 0 Å². The second-order valence-electron chi connectivity index (χ2n) is 11.6. The van der Waals surface area contributed by atoms with Gasteiger partial charge >= 0.3 is 0 Å². The summed E-state index contributed by atoms with van der Waals surface area (Å²) in [6.07, 6.45) is 7.55. The Morgan fingerprint density at radius 1 is 0.936 bits per heavy atom. The zero-order valence-corrected chi connectivity index (χ0v) is 27.6. The number of rotatable bonds is 14. The molecule has 47 heavy (non-hydrogen) atoms. The molecule has 2 amide bonds. The average molecular weight is 662 g/mol. The van der Waals surface area contributed by atoms with Crippen LogP contribution in [0, 0.1) is 0 Å². The molecule has 1 atom stereocenters. The van der Waals surface area contributed by atoms with Crippen LogP contribution in [-0.4, -0.2) is 76.0 Å². The summed E-state index contributed by atoms with van der Waals surface area (Å²) in [5.41, 5.74) is 2.86. The fourth-order valence-electron chi connectivity index (χ4n) is 5.81. The lowest BCUT2D eigenvalue weighted by molar-refractivity contribution is -0.143. The van der Waals surface area contributed by atoms with Gasteiger partial charge in [0.1, 0.15) is 17.5 Å². The van der Waals surface area contributed by atoms with Crippen molar-refractivity contribution in [2.75, 3.05) is 46.6 Å². The van der Waals surface area contributed by atoms with Gasteiger partial charge in [-0.3, -0.25) is 9.59 Å². The van der Waals surface area contributed by atoms with E-state index in [-0.39, 0.29) is 24.0 Å². The highest BCUT2D eigenvalue weighted by atomic mass is 32.2. The number of morpholine rings is 1. The number of hydrogen-bond donors (Lipinski definition) is 1. The van der Waals surface area contributed by atoms with Crippen molar-refractivity contribution in [3.63, 3.8) is 0 Å². The molecule has 0 aromatic heterocycles. The molecule has 1 saturated heterocycles. The first kappa shape index (κ1) is 34.2. The fourth-order valence-corrected chi connectivity index (χ4v) is 7.21. The molecule has 0 spiro atoms. The fraction of sp³-hybridized carbons (Fsp3) is 0.389. The molecule has 5 rings (SSSR count). The Morgan fingerprint density at radius 3 is 2.30 bits per heavy atom. The summed E-state index contributed by atoms with van der Waals surface area (Å²) in [6.45, 7) is 1.59. The molecule has 1 fully saturated rings. The van der Waals surface area contributed by atoms with Crippen LogP contribution in [0.4, 0.5) is 0 Å². The second-order valence-corrected chi connectivity index (χ2v) is 13.5. The number of sulfonamides is 1. The molecule has 0 radical (unpaired) electrons. The lowest BCUT2D eigenvalue weighted by atomic mass is 9.97. The van der Waals surface area contributed by atoms with Gasteiger partial charge in [0.2, 0.25) is 15.9 Å². The van der Waals surface area contributed by atoms with E-state index in [0.717, 1.165) is 24.8 Å². The SMILES string of the molecule is COc1ccc(CN(C(=O)COc2ccc(S(=O)(=O)N3CCOCC3)cc2)[C@@H](C(=O)NCCC2=CCCCC2)c2ccccc2)cc1. The van der Waals surface area contributed by atoms with Gasteiger partial charge in [0, 0.05) is 26.2 Å². The number of hydrogen-bond acceptors (Lipinski definition) is 7. The quantitative estimate of drug-likeness (QED) is 0.245. The number of methoxy groups -OCH3 is 1. The molecule has 1 N–H and O–H groups in total. The number of amides is 2. The minimum absolute atomic E-state index is 0.143. The first-order chi connectivity index (χ1) is 22.8. The Labute approximate surface area is 277 Å². The Kier molecular flexibility index (Phi) is 12.0. The molecule has 250 valence electrons. The van der Waals surface area contributed by atoms with E-state index in [1.165, 1.54) is 51.9 Å². The molecule has 1 heterocycles. The van der Waals surface area contributed by atoms with E-state index in [9.17, 15) is 18.0 Å². The predicted molar refractivity (Wildman–Crippen MR) is 178 cm³/mol. The highest BCUT2D eigenvalue weighted by molar-refractivity contribution is 7.89. The van der Waals surface area contributed by atoms with Crippen molar-refractivity contribution < 1.29 is 32.2 Å². The Bertz CT molecular complexity index is 1600. The van der Waals surface area contributed by atoms with Crippen molar-refractivity contribution in [3.8, 4) is 11.5 Å². The van der Waals surface area contributed by atoms with Gasteiger partial charge in [-0.2, -0.15) is 4.31 Å². The van der Waals surface area contributed by atoms with Crippen molar-refractivity contribution >= 4 is 21.8 Å². The van der Waals surface area contributed by atoms with Crippen LogP contribution < -0.4 is 14.8 Å². The topological polar surface area (TPSA) is 114 Å². The van der Waals surface area contributed by atoms with Crippen LogP contribution in [-0.2, 0) is 30.9 Å². The molecule has 0 unspecified atom stereocenters. The third kappa shape index (κ3) is 9.21. The first-order valence-electron chi connectivity index (χ1n) is 16.1. The molecule has 3 aromatic carbocycles. The Balaban J connectivity index is 1.34. The molecule has 1 aliphatic carbocycles. The van der Waals surface area contributed by atoms with Crippen molar-refractivity contribution in [3.05, 3.63) is 102 Å². The van der Waals surface area contributed by atoms with Gasteiger partial charge in [0.15, 0.2) is 6.61 Å². The van der Waals surface area contributed by atoms with Crippen LogP contribution in [0.25, 0.3) is 0 Å². The molecule has 3 aromatic rings. The Hall–Kier alpha value is -4.19. The summed E-state index contributed by atoms with van der Waals surface area (Å²) in [5.74, 6) is 0.352. The maximum Gasteiger partial charge on any atom is 0.261 e. The summed E-state index contributed by atoms with van der Waals surface area (Å²) in [5, 5.41) is 3.09. The minimum Gasteiger partial charge on any atom is -0.497 e. The van der Waals surface area contributed by atoms with Gasteiger partial charge < -0.3 is 24.4 Å². The number of carbonyl (C=O) groups excluding carboxylic acids is 2. The number of nitrogens with one attached hydrogen (secondary N) is 1. The molecule has 2 aliphatic rings. The first-order valence-corrected chi connectivity index (χ1v) is 17.5. The van der Waals surface area contributed by atoms with Gasteiger partial charge in [-0.1, -0.05) is 54.1 Å². The predicted octanol–water partition coefficient (Wildman–Crippen LogP) is 4.87. The summed E-state index contributed by atoms with van der Waals surface area (Å²) < 4.78 is 43.9. The van der Waals surface area contributed by atoms with Gasteiger partial charge in [0.05, 0.1) is 25.2 Å². The minimum atomic E-state index is -3.66. The van der Waals surface area contributed by atoms with E-state index in [0.29, 0.717) is 49.9 Å². The number of carbonyl (C=O) groups is 2. The van der Waals surface area contributed by atoms with Crippen molar-refractivity contribution in [2.45, 2.75) is 49.6 Å². The van der Waals surface area contributed by atoms with Crippen LogP contribution in [0.1, 0.15) is 49.3 Å². The summed E-state index contributed by atoms with van der Waals surface area (Å²) in [4.78, 5) is 29.6. The molecule has 11 heteroatoms. The van der Waals surface area contributed by atoms with Crippen LogP contribution in [0.3, 0.4) is 0 Å². The van der Waals surface area contributed by atoms with E-state index in [2.05, 4.69) is 11.4 Å². The summed E-state index contributed by atoms with van der Waals surface area (Å²) in [6, 6.07) is 21.7. The number of ether oxygens (including phenoxy) is 3.